The van der Waals surface area contributed by atoms with E-state index in [4.69, 9.17) is 0 Å². The summed E-state index contributed by atoms with van der Waals surface area (Å²) in [5.74, 6) is 0.0799. The molecule has 2 N–H and O–H groups in total. The second-order valence-corrected chi connectivity index (χ2v) is 5.16. The van der Waals surface area contributed by atoms with E-state index in [9.17, 15) is 9.18 Å². The molecule has 3 nitrogen and oxygen atoms in total. The molecule has 3 atom stereocenters. The second kappa shape index (κ2) is 4.69. The van der Waals surface area contributed by atoms with Crippen molar-refractivity contribution in [3.8, 4) is 0 Å². The smallest absolute Gasteiger partial charge is 0.220 e. The standard InChI is InChI=1S/C14H17FN2O/c15-10-4-1-3-9(7-10)11-8-16-12-5-2-6-13(18)17-14(11)12/h1,3-4,7,11-12,14,16H,2,5-6,8H2,(H,17,18)/t11-,12-,14-/m1/s1. The molecule has 1 aromatic carbocycles. The van der Waals surface area contributed by atoms with Crippen LogP contribution in [0.15, 0.2) is 24.3 Å². The van der Waals surface area contributed by atoms with Crippen molar-refractivity contribution in [1.29, 1.82) is 0 Å². The van der Waals surface area contributed by atoms with Gasteiger partial charge in [0.25, 0.3) is 0 Å². The molecule has 18 heavy (non-hydrogen) atoms. The van der Waals surface area contributed by atoms with Crippen molar-refractivity contribution in [1.82, 2.24) is 10.6 Å². The number of hydrogen-bond acceptors (Lipinski definition) is 2. The van der Waals surface area contributed by atoms with Crippen molar-refractivity contribution in [3.63, 3.8) is 0 Å². The minimum absolute atomic E-state index is 0.0989. The van der Waals surface area contributed by atoms with Gasteiger partial charge >= 0.3 is 0 Å². The fourth-order valence-corrected chi connectivity index (χ4v) is 3.10. The van der Waals surface area contributed by atoms with Gasteiger partial charge in [0.2, 0.25) is 5.91 Å². The number of fused-ring (bicyclic) bond motifs is 1. The van der Waals surface area contributed by atoms with E-state index in [-0.39, 0.29) is 23.7 Å². The van der Waals surface area contributed by atoms with Crippen LogP contribution in [-0.4, -0.2) is 24.5 Å². The molecule has 4 heteroatoms. The lowest BCUT2D eigenvalue weighted by atomic mass is 9.90. The first-order chi connectivity index (χ1) is 8.74. The molecule has 0 aromatic heterocycles. The van der Waals surface area contributed by atoms with E-state index in [0.29, 0.717) is 12.5 Å². The molecule has 2 fully saturated rings. The fourth-order valence-electron chi connectivity index (χ4n) is 3.10. The summed E-state index contributed by atoms with van der Waals surface area (Å²) in [4.78, 5) is 11.7. The predicted molar refractivity (Wildman–Crippen MR) is 66.7 cm³/mol. The van der Waals surface area contributed by atoms with Gasteiger partial charge in [-0.3, -0.25) is 4.79 Å². The molecule has 1 amide bonds. The van der Waals surface area contributed by atoms with Crippen LogP contribution in [0.3, 0.4) is 0 Å². The Bertz CT molecular complexity index is 463. The molecule has 2 heterocycles. The van der Waals surface area contributed by atoms with Crippen molar-refractivity contribution >= 4 is 5.91 Å². The van der Waals surface area contributed by atoms with Gasteiger partial charge in [-0.1, -0.05) is 12.1 Å². The average molecular weight is 248 g/mol. The largest absolute Gasteiger partial charge is 0.351 e. The van der Waals surface area contributed by atoms with E-state index < -0.39 is 0 Å². The van der Waals surface area contributed by atoms with Crippen molar-refractivity contribution in [2.45, 2.75) is 37.3 Å². The Hall–Kier alpha value is -1.42. The van der Waals surface area contributed by atoms with E-state index in [1.807, 2.05) is 6.07 Å². The third-order valence-electron chi connectivity index (χ3n) is 3.99. The van der Waals surface area contributed by atoms with E-state index >= 15 is 0 Å². The lowest BCUT2D eigenvalue weighted by Gasteiger charge is -2.23. The van der Waals surface area contributed by atoms with Crippen molar-refractivity contribution in [3.05, 3.63) is 35.6 Å². The Kier molecular flexibility index (Phi) is 3.04. The van der Waals surface area contributed by atoms with Crippen molar-refractivity contribution < 1.29 is 9.18 Å². The first-order valence-electron chi connectivity index (χ1n) is 6.52. The van der Waals surface area contributed by atoms with Gasteiger partial charge in [0.05, 0.1) is 6.04 Å². The number of hydrogen-bond donors (Lipinski definition) is 2. The minimum Gasteiger partial charge on any atom is -0.351 e. The summed E-state index contributed by atoms with van der Waals surface area (Å²) in [6.07, 6.45) is 2.54. The fraction of sp³-hybridized carbons (Fsp3) is 0.500. The molecule has 3 rings (SSSR count). The van der Waals surface area contributed by atoms with Crippen LogP contribution in [0.5, 0.6) is 0 Å². The van der Waals surface area contributed by atoms with E-state index in [1.54, 1.807) is 12.1 Å². The van der Waals surface area contributed by atoms with Gasteiger partial charge < -0.3 is 10.6 Å². The maximum absolute atomic E-state index is 13.3. The summed E-state index contributed by atoms with van der Waals surface area (Å²) in [6.45, 7) is 0.805. The normalized spacial score (nSPS) is 31.6. The molecule has 0 aliphatic carbocycles. The molecular weight excluding hydrogens is 231 g/mol. The molecule has 0 spiro atoms. The summed E-state index contributed by atoms with van der Waals surface area (Å²) < 4.78 is 13.3. The monoisotopic (exact) mass is 248 g/mol. The van der Waals surface area contributed by atoms with Crippen LogP contribution in [0.4, 0.5) is 4.39 Å². The van der Waals surface area contributed by atoms with Crippen LogP contribution in [-0.2, 0) is 4.79 Å². The molecule has 1 aromatic rings. The highest BCUT2D eigenvalue weighted by molar-refractivity contribution is 5.76. The Morgan fingerprint density at radius 2 is 2.22 bits per heavy atom. The maximum Gasteiger partial charge on any atom is 0.220 e. The number of halogens is 1. The van der Waals surface area contributed by atoms with Crippen LogP contribution in [0.1, 0.15) is 30.7 Å². The third-order valence-corrected chi connectivity index (χ3v) is 3.99. The molecule has 0 bridgehead atoms. The number of carbonyl (C=O) groups is 1. The van der Waals surface area contributed by atoms with Crippen LogP contribution in [0, 0.1) is 5.82 Å². The zero-order valence-electron chi connectivity index (χ0n) is 10.2. The predicted octanol–water partition coefficient (Wildman–Crippen LogP) is 1.55. The maximum atomic E-state index is 13.3. The van der Waals surface area contributed by atoms with Crippen LogP contribution < -0.4 is 10.6 Å². The number of nitrogens with one attached hydrogen (secondary N) is 2. The highest BCUT2D eigenvalue weighted by Crippen LogP contribution is 2.30. The zero-order valence-corrected chi connectivity index (χ0v) is 10.2. The van der Waals surface area contributed by atoms with E-state index in [0.717, 1.165) is 24.9 Å². The zero-order chi connectivity index (χ0) is 12.5. The highest BCUT2D eigenvalue weighted by Gasteiger charge is 2.38. The second-order valence-electron chi connectivity index (χ2n) is 5.16. The van der Waals surface area contributed by atoms with Gasteiger partial charge in [0.15, 0.2) is 0 Å². The summed E-state index contributed by atoms with van der Waals surface area (Å²) in [5, 5.41) is 6.53. The van der Waals surface area contributed by atoms with Crippen molar-refractivity contribution in [2.24, 2.45) is 0 Å². The topological polar surface area (TPSA) is 41.1 Å². The summed E-state index contributed by atoms with van der Waals surface area (Å²) in [6, 6.07) is 7.12. The van der Waals surface area contributed by atoms with Gasteiger partial charge in [-0.05, 0) is 30.5 Å². The van der Waals surface area contributed by atoms with Crippen LogP contribution in [0.25, 0.3) is 0 Å². The van der Waals surface area contributed by atoms with Crippen LogP contribution >= 0.6 is 0 Å². The average Bonchev–Trinajstić information content (AvgIpc) is 2.63. The van der Waals surface area contributed by atoms with E-state index in [2.05, 4.69) is 10.6 Å². The molecule has 2 aliphatic heterocycles. The molecule has 2 saturated heterocycles. The molecule has 0 unspecified atom stereocenters. The van der Waals surface area contributed by atoms with Gasteiger partial charge in [-0.25, -0.2) is 4.39 Å². The first kappa shape index (κ1) is 11.7. The van der Waals surface area contributed by atoms with Crippen molar-refractivity contribution in [2.75, 3.05) is 6.54 Å². The lowest BCUT2D eigenvalue weighted by molar-refractivity contribution is -0.121. The Labute approximate surface area is 106 Å². The Morgan fingerprint density at radius 1 is 1.33 bits per heavy atom. The SMILES string of the molecule is O=C1CCC[C@H]2NC[C@H](c3cccc(F)c3)[C@H]2N1. The Balaban J connectivity index is 1.86. The Morgan fingerprint density at radius 3 is 3.06 bits per heavy atom. The van der Waals surface area contributed by atoms with Gasteiger partial charge in [-0.2, -0.15) is 0 Å². The van der Waals surface area contributed by atoms with Crippen LogP contribution in [0.2, 0.25) is 0 Å². The quantitative estimate of drug-likeness (QED) is 0.791. The lowest BCUT2D eigenvalue weighted by Crippen LogP contribution is -2.43. The molecule has 96 valence electrons. The first-order valence-corrected chi connectivity index (χ1v) is 6.52. The molecule has 2 aliphatic rings. The number of benzene rings is 1. The third kappa shape index (κ3) is 2.12. The number of rotatable bonds is 1. The van der Waals surface area contributed by atoms with Gasteiger partial charge in [0, 0.05) is 24.9 Å². The number of amides is 1. The minimum atomic E-state index is -0.212. The summed E-state index contributed by atoms with van der Waals surface area (Å²) in [5.41, 5.74) is 0.970. The number of carbonyl (C=O) groups excluding carboxylic acids is 1. The molecule has 0 saturated carbocycles. The highest BCUT2D eigenvalue weighted by atomic mass is 19.1. The summed E-state index contributed by atoms with van der Waals surface area (Å²) >= 11 is 0. The van der Waals surface area contributed by atoms with Gasteiger partial charge in [-0.15, -0.1) is 0 Å². The summed E-state index contributed by atoms with van der Waals surface area (Å²) in [7, 11) is 0. The molecule has 0 radical (unpaired) electrons. The van der Waals surface area contributed by atoms with Gasteiger partial charge in [0.1, 0.15) is 5.82 Å². The van der Waals surface area contributed by atoms with E-state index in [1.165, 1.54) is 6.07 Å². The molecular formula is C14H17FN2O.